The molecule has 1 unspecified atom stereocenters. The Morgan fingerprint density at radius 3 is 2.62 bits per heavy atom. The monoisotopic (exact) mass is 312 g/mol. The number of hydrogen-bond donors (Lipinski definition) is 3. The SMILES string of the molecule is CC(NCC1CCC(O)CC1)c1cccc(S(N)(=O)=O)c1. The largest absolute Gasteiger partial charge is 0.393 e. The first-order valence-electron chi connectivity index (χ1n) is 7.40. The van der Waals surface area contributed by atoms with Crippen molar-refractivity contribution in [3.8, 4) is 0 Å². The lowest BCUT2D eigenvalue weighted by Gasteiger charge is -2.27. The number of primary sulfonamides is 1. The average Bonchev–Trinajstić information content (AvgIpc) is 2.45. The van der Waals surface area contributed by atoms with Crippen molar-refractivity contribution in [1.82, 2.24) is 5.32 Å². The van der Waals surface area contributed by atoms with Gasteiger partial charge >= 0.3 is 0 Å². The minimum Gasteiger partial charge on any atom is -0.393 e. The molecule has 0 aromatic heterocycles. The highest BCUT2D eigenvalue weighted by Gasteiger charge is 2.20. The molecule has 0 bridgehead atoms. The number of aliphatic hydroxyl groups is 1. The van der Waals surface area contributed by atoms with Crippen LogP contribution < -0.4 is 10.5 Å². The molecule has 21 heavy (non-hydrogen) atoms. The lowest BCUT2D eigenvalue weighted by Crippen LogP contribution is -2.29. The van der Waals surface area contributed by atoms with Crippen LogP contribution >= 0.6 is 0 Å². The van der Waals surface area contributed by atoms with E-state index in [-0.39, 0.29) is 17.0 Å². The Kier molecular flexibility index (Phi) is 5.37. The molecule has 1 aromatic carbocycles. The second kappa shape index (κ2) is 6.87. The Balaban J connectivity index is 1.93. The molecule has 0 saturated heterocycles. The summed E-state index contributed by atoms with van der Waals surface area (Å²) in [6.07, 6.45) is 3.70. The second-order valence-corrected chi connectivity index (χ2v) is 7.48. The van der Waals surface area contributed by atoms with E-state index < -0.39 is 10.0 Å². The van der Waals surface area contributed by atoms with Crippen LogP contribution in [0.2, 0.25) is 0 Å². The van der Waals surface area contributed by atoms with Crippen molar-refractivity contribution >= 4 is 10.0 Å². The third kappa shape index (κ3) is 4.78. The van der Waals surface area contributed by atoms with E-state index in [0.29, 0.717) is 5.92 Å². The summed E-state index contributed by atoms with van der Waals surface area (Å²) in [5.41, 5.74) is 0.914. The van der Waals surface area contributed by atoms with Crippen molar-refractivity contribution < 1.29 is 13.5 Å². The van der Waals surface area contributed by atoms with Crippen LogP contribution in [0.15, 0.2) is 29.2 Å². The van der Waals surface area contributed by atoms with Gasteiger partial charge in [-0.05, 0) is 62.8 Å². The third-order valence-electron chi connectivity index (χ3n) is 4.22. The summed E-state index contributed by atoms with van der Waals surface area (Å²) >= 11 is 0. The van der Waals surface area contributed by atoms with E-state index in [4.69, 9.17) is 5.14 Å². The van der Waals surface area contributed by atoms with Gasteiger partial charge in [0.05, 0.1) is 11.0 Å². The fourth-order valence-corrected chi connectivity index (χ4v) is 3.34. The smallest absolute Gasteiger partial charge is 0.238 e. The van der Waals surface area contributed by atoms with Gasteiger partial charge in [-0.15, -0.1) is 0 Å². The van der Waals surface area contributed by atoms with Crippen molar-refractivity contribution in [3.05, 3.63) is 29.8 Å². The van der Waals surface area contributed by atoms with Gasteiger partial charge < -0.3 is 10.4 Å². The van der Waals surface area contributed by atoms with Crippen LogP contribution in [0.3, 0.4) is 0 Å². The first-order valence-corrected chi connectivity index (χ1v) is 8.95. The lowest BCUT2D eigenvalue weighted by molar-refractivity contribution is 0.108. The zero-order valence-corrected chi connectivity index (χ0v) is 13.1. The van der Waals surface area contributed by atoms with Crippen molar-refractivity contribution in [3.63, 3.8) is 0 Å². The number of hydrogen-bond acceptors (Lipinski definition) is 4. The van der Waals surface area contributed by atoms with Crippen LogP contribution in [0.25, 0.3) is 0 Å². The van der Waals surface area contributed by atoms with Gasteiger partial charge in [0.1, 0.15) is 0 Å². The van der Waals surface area contributed by atoms with Gasteiger partial charge in [0.15, 0.2) is 0 Å². The molecule has 0 radical (unpaired) electrons. The maximum atomic E-state index is 11.4. The molecule has 4 N–H and O–H groups in total. The molecule has 1 atom stereocenters. The van der Waals surface area contributed by atoms with Crippen molar-refractivity contribution in [2.75, 3.05) is 6.54 Å². The summed E-state index contributed by atoms with van der Waals surface area (Å²) in [5, 5.41) is 18.1. The predicted molar refractivity (Wildman–Crippen MR) is 82.2 cm³/mol. The normalized spacial score (nSPS) is 24.7. The predicted octanol–water partition coefficient (Wildman–Crippen LogP) is 1.54. The molecule has 0 aliphatic heterocycles. The number of benzene rings is 1. The molecule has 0 amide bonds. The topological polar surface area (TPSA) is 92.4 Å². The Morgan fingerprint density at radius 1 is 1.33 bits per heavy atom. The molecule has 1 aliphatic rings. The number of rotatable bonds is 5. The molecule has 0 spiro atoms. The summed E-state index contributed by atoms with van der Waals surface area (Å²) in [6, 6.07) is 6.81. The molecule has 1 saturated carbocycles. The van der Waals surface area contributed by atoms with Crippen LogP contribution in [-0.4, -0.2) is 26.2 Å². The van der Waals surface area contributed by atoms with E-state index in [1.54, 1.807) is 12.1 Å². The van der Waals surface area contributed by atoms with Crippen molar-refractivity contribution in [1.29, 1.82) is 0 Å². The minimum atomic E-state index is -3.66. The van der Waals surface area contributed by atoms with Gasteiger partial charge in [0.2, 0.25) is 10.0 Å². The molecule has 5 nitrogen and oxygen atoms in total. The molecule has 118 valence electrons. The van der Waals surface area contributed by atoms with Crippen molar-refractivity contribution in [2.24, 2.45) is 11.1 Å². The van der Waals surface area contributed by atoms with E-state index >= 15 is 0 Å². The number of nitrogens with one attached hydrogen (secondary N) is 1. The molecular weight excluding hydrogens is 288 g/mol. The van der Waals surface area contributed by atoms with Gasteiger partial charge in [-0.1, -0.05) is 12.1 Å². The summed E-state index contributed by atoms with van der Waals surface area (Å²) < 4.78 is 22.8. The molecular formula is C15H24N2O3S. The maximum Gasteiger partial charge on any atom is 0.238 e. The van der Waals surface area contributed by atoms with E-state index in [9.17, 15) is 13.5 Å². The Bertz CT molecular complexity index is 566. The molecule has 0 heterocycles. The highest BCUT2D eigenvalue weighted by Crippen LogP contribution is 2.24. The molecule has 2 rings (SSSR count). The summed E-state index contributed by atoms with van der Waals surface area (Å²) in [7, 11) is -3.66. The fourth-order valence-electron chi connectivity index (χ4n) is 2.77. The third-order valence-corrected chi connectivity index (χ3v) is 5.13. The summed E-state index contributed by atoms with van der Waals surface area (Å²) in [5.74, 6) is 0.581. The average molecular weight is 312 g/mol. The Morgan fingerprint density at radius 2 is 2.00 bits per heavy atom. The molecule has 6 heteroatoms. The minimum absolute atomic E-state index is 0.0681. The summed E-state index contributed by atoms with van der Waals surface area (Å²) in [6.45, 7) is 2.90. The zero-order valence-electron chi connectivity index (χ0n) is 12.3. The molecule has 1 aromatic rings. The first kappa shape index (κ1) is 16.4. The second-order valence-electron chi connectivity index (χ2n) is 5.92. The number of nitrogens with two attached hydrogens (primary N) is 1. The van der Waals surface area contributed by atoms with Gasteiger partial charge in [-0.25, -0.2) is 13.6 Å². The van der Waals surface area contributed by atoms with Crippen LogP contribution in [-0.2, 0) is 10.0 Å². The van der Waals surface area contributed by atoms with E-state index in [2.05, 4.69) is 5.32 Å². The van der Waals surface area contributed by atoms with Gasteiger partial charge in [-0.2, -0.15) is 0 Å². The van der Waals surface area contributed by atoms with Crippen LogP contribution in [0.4, 0.5) is 0 Å². The van der Waals surface area contributed by atoms with Crippen LogP contribution in [0.1, 0.15) is 44.2 Å². The van der Waals surface area contributed by atoms with E-state index in [1.165, 1.54) is 6.07 Å². The quantitative estimate of drug-likeness (QED) is 0.769. The Labute approximate surface area is 126 Å². The van der Waals surface area contributed by atoms with Crippen molar-refractivity contribution in [2.45, 2.75) is 49.6 Å². The Hall–Kier alpha value is -0.950. The van der Waals surface area contributed by atoms with Crippen LogP contribution in [0.5, 0.6) is 0 Å². The fraction of sp³-hybridized carbons (Fsp3) is 0.600. The van der Waals surface area contributed by atoms with Gasteiger partial charge in [-0.3, -0.25) is 0 Å². The number of sulfonamides is 1. The highest BCUT2D eigenvalue weighted by molar-refractivity contribution is 7.89. The van der Waals surface area contributed by atoms with Gasteiger partial charge in [0.25, 0.3) is 0 Å². The zero-order chi connectivity index (χ0) is 15.5. The standard InChI is InChI=1S/C15H24N2O3S/c1-11(17-10-12-5-7-14(18)8-6-12)13-3-2-4-15(9-13)21(16,19)20/h2-4,9,11-12,14,17-18H,5-8,10H2,1H3,(H2,16,19,20). The number of aliphatic hydroxyl groups excluding tert-OH is 1. The molecule has 1 aliphatic carbocycles. The van der Waals surface area contributed by atoms with Crippen LogP contribution in [0, 0.1) is 5.92 Å². The van der Waals surface area contributed by atoms with E-state index in [0.717, 1.165) is 37.8 Å². The van der Waals surface area contributed by atoms with Gasteiger partial charge in [0, 0.05) is 6.04 Å². The highest BCUT2D eigenvalue weighted by atomic mass is 32.2. The maximum absolute atomic E-state index is 11.4. The molecule has 1 fully saturated rings. The lowest BCUT2D eigenvalue weighted by atomic mass is 9.87. The van der Waals surface area contributed by atoms with E-state index in [1.807, 2.05) is 13.0 Å². The summed E-state index contributed by atoms with van der Waals surface area (Å²) in [4.78, 5) is 0.148. The first-order chi connectivity index (χ1) is 9.86.